The highest BCUT2D eigenvalue weighted by Crippen LogP contribution is 2.33. The highest BCUT2D eigenvalue weighted by Gasteiger charge is 2.22. The van der Waals surface area contributed by atoms with Crippen LogP contribution in [-0.4, -0.2) is 10.5 Å². The maximum Gasteiger partial charge on any atom is 0.251 e. The van der Waals surface area contributed by atoms with Crippen LogP contribution in [0, 0.1) is 19.7 Å². The molecule has 2 rings (SSSR count). The molecule has 0 saturated carbocycles. The fraction of sp³-hybridized carbons (Fsp3) is 0.542. The first-order valence-corrected chi connectivity index (χ1v) is 10.7. The highest BCUT2D eigenvalue weighted by atomic mass is 19.1. The van der Waals surface area contributed by atoms with Gasteiger partial charge in [0.2, 0.25) is 0 Å². The number of hydrogen-bond acceptors (Lipinski definition) is 1. The second-order valence-corrected chi connectivity index (χ2v) is 7.78. The molecule has 2 aromatic rings. The summed E-state index contributed by atoms with van der Waals surface area (Å²) in [6.45, 7) is 7.04. The lowest BCUT2D eigenvalue weighted by atomic mass is 10.00. The Kier molecular flexibility index (Phi) is 8.75. The van der Waals surface area contributed by atoms with E-state index in [-0.39, 0.29) is 5.82 Å². The van der Waals surface area contributed by atoms with Gasteiger partial charge >= 0.3 is 0 Å². The number of amides is 1. The molecule has 1 heterocycles. The van der Waals surface area contributed by atoms with Gasteiger partial charge in [0, 0.05) is 23.5 Å². The van der Waals surface area contributed by atoms with E-state index in [9.17, 15) is 9.18 Å². The molecule has 0 unspecified atom stereocenters. The molecule has 0 atom stereocenters. The first-order valence-electron chi connectivity index (χ1n) is 10.7. The van der Waals surface area contributed by atoms with E-state index in [0.717, 1.165) is 29.9 Å². The highest BCUT2D eigenvalue weighted by molar-refractivity contribution is 6.02. The quantitative estimate of drug-likeness (QED) is 0.414. The third-order valence-electron chi connectivity index (χ3n) is 5.63. The Bertz CT molecular complexity index is 779. The number of carbonyl (C=O) groups excluding carboxylic acids is 1. The van der Waals surface area contributed by atoms with Gasteiger partial charge in [-0.15, -0.1) is 0 Å². The lowest BCUT2D eigenvalue weighted by molar-refractivity contribution is 0.1000. The Morgan fingerprint density at radius 1 is 0.964 bits per heavy atom. The molecule has 0 fully saturated rings. The zero-order chi connectivity index (χ0) is 20.5. The first kappa shape index (κ1) is 22.2. The standard InChI is InChI=1S/C24H35FN2O/c1-4-5-6-7-8-9-10-11-12-16-27-18(2)22(23(19(27)3)24(26)28)20-14-13-15-21(25)17-20/h13-15,17H,4-12,16H2,1-3H3,(H2,26,28). The Balaban J connectivity index is 2.02. The van der Waals surface area contributed by atoms with Crippen LogP contribution in [0.1, 0.15) is 86.5 Å². The number of halogens is 1. The molecule has 0 radical (unpaired) electrons. The van der Waals surface area contributed by atoms with Crippen molar-refractivity contribution in [3.05, 3.63) is 47.0 Å². The van der Waals surface area contributed by atoms with Crippen molar-refractivity contribution in [1.82, 2.24) is 4.57 Å². The Morgan fingerprint density at radius 3 is 2.14 bits per heavy atom. The van der Waals surface area contributed by atoms with E-state index in [2.05, 4.69) is 11.5 Å². The van der Waals surface area contributed by atoms with E-state index in [4.69, 9.17) is 5.73 Å². The summed E-state index contributed by atoms with van der Waals surface area (Å²) in [4.78, 5) is 12.1. The van der Waals surface area contributed by atoms with Gasteiger partial charge < -0.3 is 10.3 Å². The van der Waals surface area contributed by atoms with Crippen LogP contribution in [-0.2, 0) is 6.54 Å². The SMILES string of the molecule is CCCCCCCCCCCn1c(C)c(C(N)=O)c(-c2cccc(F)c2)c1C. The van der Waals surface area contributed by atoms with Crippen molar-refractivity contribution in [1.29, 1.82) is 0 Å². The number of rotatable bonds is 12. The third-order valence-corrected chi connectivity index (χ3v) is 5.63. The number of aromatic nitrogens is 1. The minimum atomic E-state index is -0.453. The Labute approximate surface area is 169 Å². The molecule has 28 heavy (non-hydrogen) atoms. The second-order valence-electron chi connectivity index (χ2n) is 7.78. The van der Waals surface area contributed by atoms with Crippen LogP contribution in [0.5, 0.6) is 0 Å². The molecule has 1 aromatic heterocycles. The fourth-order valence-electron chi connectivity index (χ4n) is 4.10. The van der Waals surface area contributed by atoms with E-state index >= 15 is 0 Å². The molecule has 0 aliphatic heterocycles. The lowest BCUT2D eigenvalue weighted by Crippen LogP contribution is -2.13. The molecular weight excluding hydrogens is 351 g/mol. The summed E-state index contributed by atoms with van der Waals surface area (Å²) in [5, 5.41) is 0. The molecule has 0 spiro atoms. The van der Waals surface area contributed by atoms with Crippen molar-refractivity contribution in [3.63, 3.8) is 0 Å². The van der Waals surface area contributed by atoms with Crippen molar-refractivity contribution in [3.8, 4) is 11.1 Å². The second kappa shape index (κ2) is 11.0. The van der Waals surface area contributed by atoms with E-state index < -0.39 is 5.91 Å². The van der Waals surface area contributed by atoms with Gasteiger partial charge in [0.25, 0.3) is 5.91 Å². The molecular formula is C24H35FN2O. The van der Waals surface area contributed by atoms with Crippen molar-refractivity contribution < 1.29 is 9.18 Å². The number of nitrogens with zero attached hydrogens (tertiary/aromatic N) is 1. The van der Waals surface area contributed by atoms with Gasteiger partial charge in [-0.1, -0.05) is 70.4 Å². The number of primary amides is 1. The van der Waals surface area contributed by atoms with Gasteiger partial charge in [-0.2, -0.15) is 0 Å². The molecule has 0 bridgehead atoms. The van der Waals surface area contributed by atoms with Crippen LogP contribution in [0.2, 0.25) is 0 Å². The molecule has 0 aliphatic carbocycles. The summed E-state index contributed by atoms with van der Waals surface area (Å²) in [5.41, 5.74) is 9.52. The molecule has 0 aliphatic rings. The predicted octanol–water partition coefficient (Wildman–Crippen LogP) is 6.54. The van der Waals surface area contributed by atoms with Crippen LogP contribution in [0.4, 0.5) is 4.39 Å². The number of benzene rings is 1. The maximum absolute atomic E-state index is 13.7. The molecule has 2 N–H and O–H groups in total. The van der Waals surface area contributed by atoms with Crippen molar-refractivity contribution in [2.75, 3.05) is 0 Å². The summed E-state index contributed by atoms with van der Waals surface area (Å²) in [5.74, 6) is -0.762. The zero-order valence-corrected chi connectivity index (χ0v) is 17.7. The topological polar surface area (TPSA) is 48.0 Å². The molecule has 1 amide bonds. The van der Waals surface area contributed by atoms with Gasteiger partial charge in [0.05, 0.1) is 5.56 Å². The van der Waals surface area contributed by atoms with Crippen molar-refractivity contribution >= 4 is 5.91 Å². The van der Waals surface area contributed by atoms with Gasteiger partial charge in [-0.05, 0) is 38.0 Å². The normalized spacial score (nSPS) is 11.1. The maximum atomic E-state index is 13.7. The molecule has 0 saturated heterocycles. The average molecular weight is 387 g/mol. The van der Waals surface area contributed by atoms with Crippen LogP contribution >= 0.6 is 0 Å². The van der Waals surface area contributed by atoms with Crippen LogP contribution in [0.15, 0.2) is 24.3 Å². The lowest BCUT2D eigenvalue weighted by Gasteiger charge is -2.10. The monoisotopic (exact) mass is 386 g/mol. The summed E-state index contributed by atoms with van der Waals surface area (Å²) in [7, 11) is 0. The van der Waals surface area contributed by atoms with E-state index in [1.807, 2.05) is 19.9 Å². The molecule has 3 nitrogen and oxygen atoms in total. The first-order chi connectivity index (χ1) is 13.5. The number of unbranched alkanes of at least 4 members (excludes halogenated alkanes) is 8. The minimum absolute atomic E-state index is 0.309. The number of hydrogen-bond donors (Lipinski definition) is 1. The van der Waals surface area contributed by atoms with Crippen LogP contribution < -0.4 is 5.73 Å². The summed E-state index contributed by atoms with van der Waals surface area (Å²) in [6.07, 6.45) is 11.5. The van der Waals surface area contributed by atoms with E-state index in [1.54, 1.807) is 6.07 Å². The Morgan fingerprint density at radius 2 is 1.57 bits per heavy atom. The third kappa shape index (κ3) is 5.70. The van der Waals surface area contributed by atoms with Gasteiger partial charge in [0.1, 0.15) is 5.82 Å². The summed E-state index contributed by atoms with van der Waals surface area (Å²) < 4.78 is 15.9. The smallest absolute Gasteiger partial charge is 0.251 e. The molecule has 1 aromatic carbocycles. The van der Waals surface area contributed by atoms with Crippen LogP contribution in [0.3, 0.4) is 0 Å². The van der Waals surface area contributed by atoms with Gasteiger partial charge in [-0.25, -0.2) is 4.39 Å². The van der Waals surface area contributed by atoms with Crippen molar-refractivity contribution in [2.45, 2.75) is 85.1 Å². The van der Waals surface area contributed by atoms with Crippen molar-refractivity contribution in [2.24, 2.45) is 5.73 Å². The predicted molar refractivity (Wildman–Crippen MR) is 115 cm³/mol. The van der Waals surface area contributed by atoms with Gasteiger partial charge in [-0.3, -0.25) is 4.79 Å². The van der Waals surface area contributed by atoms with E-state index in [0.29, 0.717) is 11.1 Å². The van der Waals surface area contributed by atoms with Gasteiger partial charge in [0.15, 0.2) is 0 Å². The average Bonchev–Trinajstić information content (AvgIpc) is 2.91. The Hall–Kier alpha value is -2.10. The fourth-order valence-corrected chi connectivity index (χ4v) is 4.10. The zero-order valence-electron chi connectivity index (χ0n) is 17.7. The number of nitrogens with two attached hydrogens (primary N) is 1. The summed E-state index contributed by atoms with van der Waals surface area (Å²) in [6, 6.07) is 6.38. The van der Waals surface area contributed by atoms with E-state index in [1.165, 1.54) is 63.5 Å². The summed E-state index contributed by atoms with van der Waals surface area (Å²) >= 11 is 0. The largest absolute Gasteiger partial charge is 0.366 e. The molecule has 154 valence electrons. The number of carbonyl (C=O) groups is 1. The minimum Gasteiger partial charge on any atom is -0.366 e. The molecule has 4 heteroatoms. The van der Waals surface area contributed by atoms with Crippen LogP contribution in [0.25, 0.3) is 11.1 Å².